The van der Waals surface area contributed by atoms with Gasteiger partial charge in [0.25, 0.3) is 0 Å². The second-order valence-electron chi connectivity index (χ2n) is 14.5. The van der Waals surface area contributed by atoms with Gasteiger partial charge in [0.15, 0.2) is 0 Å². The van der Waals surface area contributed by atoms with Crippen LogP contribution in [-0.2, 0) is 54.5 Å². The lowest BCUT2D eigenvalue weighted by Crippen LogP contribution is -2.67. The number of nitrogens with one attached hydrogen (secondary N) is 2. The lowest BCUT2D eigenvalue weighted by molar-refractivity contribution is -0.158. The molecule has 56 heavy (non-hydrogen) atoms. The van der Waals surface area contributed by atoms with E-state index in [1.807, 2.05) is 121 Å². The molecular weight excluding hydrogens is 709 g/mol. The zero-order valence-corrected chi connectivity index (χ0v) is 31.2. The summed E-state index contributed by atoms with van der Waals surface area (Å²) >= 11 is 0. The van der Waals surface area contributed by atoms with Crippen molar-refractivity contribution in [3.8, 4) is 0 Å². The van der Waals surface area contributed by atoms with Gasteiger partial charge in [-0.1, -0.05) is 121 Å². The van der Waals surface area contributed by atoms with E-state index in [1.54, 1.807) is 0 Å². The molecular formula is C44H46N6O6. The van der Waals surface area contributed by atoms with Crippen LogP contribution in [0.2, 0.25) is 0 Å². The molecule has 4 atom stereocenters. The highest BCUT2D eigenvalue weighted by Crippen LogP contribution is 2.24. The molecule has 6 aliphatic rings. The van der Waals surface area contributed by atoms with Crippen molar-refractivity contribution in [1.82, 2.24) is 30.2 Å². The maximum Gasteiger partial charge on any atom is 0.246 e. The Bertz CT molecular complexity index is 1890. The van der Waals surface area contributed by atoms with Crippen LogP contribution in [0.15, 0.2) is 121 Å². The van der Waals surface area contributed by atoms with Crippen LogP contribution in [0.25, 0.3) is 0 Å². The number of hydrogen-bond acceptors (Lipinski definition) is 6. The summed E-state index contributed by atoms with van der Waals surface area (Å²) < 4.78 is 0. The summed E-state index contributed by atoms with van der Waals surface area (Å²) in [6.07, 6.45) is 0.770. The first-order valence-electron chi connectivity index (χ1n) is 19.2. The summed E-state index contributed by atoms with van der Waals surface area (Å²) in [7, 11) is 0. The average Bonchev–Trinajstić information content (AvgIpc) is 3.23. The Kier molecular flexibility index (Phi) is 11.8. The predicted molar refractivity (Wildman–Crippen MR) is 209 cm³/mol. The molecule has 2 N–H and O–H groups in total. The lowest BCUT2D eigenvalue weighted by atomic mass is 9.96. The quantitative estimate of drug-likeness (QED) is 0.283. The summed E-state index contributed by atoms with van der Waals surface area (Å²) in [5.41, 5.74) is 3.31. The molecule has 6 saturated heterocycles. The fraction of sp³-hybridized carbons (Fsp3) is 0.318. The highest BCUT2D eigenvalue weighted by Gasteiger charge is 2.45. The maximum absolute atomic E-state index is 14.6. The molecule has 4 bridgehead atoms. The minimum Gasteiger partial charge on any atom is -0.345 e. The van der Waals surface area contributed by atoms with Gasteiger partial charge in [-0.15, -0.1) is 0 Å². The van der Waals surface area contributed by atoms with E-state index < -0.39 is 72.7 Å². The molecule has 6 fully saturated rings. The van der Waals surface area contributed by atoms with Gasteiger partial charge in [0.1, 0.15) is 24.2 Å². The van der Waals surface area contributed by atoms with Crippen LogP contribution in [0.5, 0.6) is 0 Å². The minimum atomic E-state index is -0.982. The van der Waals surface area contributed by atoms with Gasteiger partial charge in [-0.25, -0.2) is 0 Å². The number of carbonyl (C=O) groups excluding carboxylic acids is 6. The summed E-state index contributed by atoms with van der Waals surface area (Å²) in [5.74, 6) is -2.69. The second kappa shape index (κ2) is 17.4. The summed E-state index contributed by atoms with van der Waals surface area (Å²) in [6.45, 7) is -0.377. The first-order chi connectivity index (χ1) is 27.3. The second-order valence-corrected chi connectivity index (χ2v) is 14.5. The highest BCUT2D eigenvalue weighted by molar-refractivity contribution is 5.98. The number of carbonyl (C=O) groups is 6. The minimum absolute atomic E-state index is 0.0763. The van der Waals surface area contributed by atoms with Crippen LogP contribution in [-0.4, -0.2) is 118 Å². The maximum atomic E-state index is 14.6. The third-order valence-corrected chi connectivity index (χ3v) is 11.0. The van der Waals surface area contributed by atoms with Crippen molar-refractivity contribution in [3.63, 3.8) is 0 Å². The lowest BCUT2D eigenvalue weighted by Gasteiger charge is -2.45. The van der Waals surface area contributed by atoms with Gasteiger partial charge >= 0.3 is 0 Å². The topological polar surface area (TPSA) is 139 Å². The molecule has 0 spiro atoms. The van der Waals surface area contributed by atoms with Crippen LogP contribution < -0.4 is 10.6 Å². The van der Waals surface area contributed by atoms with Crippen LogP contribution in [0.4, 0.5) is 0 Å². The van der Waals surface area contributed by atoms with Crippen molar-refractivity contribution >= 4 is 35.4 Å². The van der Waals surface area contributed by atoms with Gasteiger partial charge in [0, 0.05) is 51.9 Å². The van der Waals surface area contributed by atoms with Crippen LogP contribution >= 0.6 is 0 Å². The Labute approximate surface area is 326 Å². The molecule has 6 aliphatic heterocycles. The van der Waals surface area contributed by atoms with Gasteiger partial charge in [-0.2, -0.15) is 0 Å². The molecule has 0 radical (unpaired) electrons. The molecule has 6 amide bonds. The molecule has 0 unspecified atom stereocenters. The Balaban J connectivity index is 1.25. The first-order valence-corrected chi connectivity index (χ1v) is 19.2. The van der Waals surface area contributed by atoms with Crippen LogP contribution in [0, 0.1) is 0 Å². The van der Waals surface area contributed by atoms with Crippen molar-refractivity contribution in [2.24, 2.45) is 0 Å². The fourth-order valence-corrected chi connectivity index (χ4v) is 8.03. The van der Waals surface area contributed by atoms with Crippen molar-refractivity contribution < 1.29 is 28.8 Å². The molecule has 12 nitrogen and oxygen atoms in total. The third-order valence-electron chi connectivity index (χ3n) is 11.0. The summed E-state index contributed by atoms with van der Waals surface area (Å²) in [4.78, 5) is 91.9. The smallest absolute Gasteiger partial charge is 0.246 e. The van der Waals surface area contributed by atoms with Crippen LogP contribution in [0.3, 0.4) is 0 Å². The van der Waals surface area contributed by atoms with Gasteiger partial charge < -0.3 is 30.2 Å². The van der Waals surface area contributed by atoms with E-state index >= 15 is 0 Å². The first kappa shape index (κ1) is 38.0. The van der Waals surface area contributed by atoms with Crippen molar-refractivity contribution in [3.05, 3.63) is 144 Å². The summed E-state index contributed by atoms with van der Waals surface area (Å²) in [6, 6.07) is 33.5. The van der Waals surface area contributed by atoms with Crippen molar-refractivity contribution in [2.75, 3.05) is 39.3 Å². The predicted octanol–water partition coefficient (Wildman–Crippen LogP) is 2.02. The number of benzene rings is 4. The van der Waals surface area contributed by atoms with E-state index in [2.05, 4.69) is 10.6 Å². The molecule has 288 valence electrons. The highest BCUT2D eigenvalue weighted by atomic mass is 16.2. The molecule has 6 heterocycles. The van der Waals surface area contributed by atoms with E-state index in [0.29, 0.717) is 0 Å². The molecule has 4 aromatic rings. The summed E-state index contributed by atoms with van der Waals surface area (Å²) in [5, 5.41) is 5.64. The van der Waals surface area contributed by atoms with E-state index in [0.717, 1.165) is 22.3 Å². The Morgan fingerprint density at radius 3 is 0.946 bits per heavy atom. The SMILES string of the molecule is O=C1NCC(=O)N2CCN(C(=O)[C@@H]2Cc2ccccc2)[C@@H](Cc2ccccc2)C(=O)NCC(=O)N2CCN(C(=O)[C@@H]2Cc2ccccc2)[C@H]1Cc1ccccc1. The van der Waals surface area contributed by atoms with Crippen molar-refractivity contribution in [2.45, 2.75) is 49.9 Å². The molecule has 12 heteroatoms. The fourth-order valence-electron chi connectivity index (χ4n) is 8.03. The number of rotatable bonds is 8. The molecule has 0 saturated carbocycles. The monoisotopic (exact) mass is 754 g/mol. The van der Waals surface area contributed by atoms with Crippen molar-refractivity contribution in [1.29, 1.82) is 0 Å². The molecule has 10 rings (SSSR count). The zero-order chi connectivity index (χ0) is 39.0. The van der Waals surface area contributed by atoms with E-state index in [1.165, 1.54) is 19.6 Å². The van der Waals surface area contributed by atoms with E-state index in [4.69, 9.17) is 0 Å². The molecule has 0 aromatic heterocycles. The average molecular weight is 755 g/mol. The van der Waals surface area contributed by atoms with Gasteiger partial charge in [0.05, 0.1) is 13.1 Å². The Morgan fingerprint density at radius 2 is 0.643 bits per heavy atom. The van der Waals surface area contributed by atoms with E-state index in [-0.39, 0.29) is 51.9 Å². The van der Waals surface area contributed by atoms with E-state index in [9.17, 15) is 28.8 Å². The number of piperazine rings is 2. The third kappa shape index (κ3) is 8.64. The normalized spacial score (nSPS) is 22.5. The van der Waals surface area contributed by atoms with Crippen LogP contribution in [0.1, 0.15) is 22.3 Å². The number of hydrogen-bond donors (Lipinski definition) is 2. The molecule has 4 aromatic carbocycles. The standard InChI is InChI=1S/C44H46N6O6/c51-39-29-45-41(53)35(25-31-13-5-1-6-14-31)49-23-21-47(37(43(49)55)27-33-17-9-3-10-18-33)40(52)30-46-42(54)36(26-32-15-7-2-8-16-32)50-24-22-48(39)38(44(50)56)28-34-19-11-4-12-20-34/h1-20,35-38H,21-30H2,(H,45,53)(H,46,54)/t35-,36-,37-,38-/m0/s1. The largest absolute Gasteiger partial charge is 0.345 e. The number of nitrogens with zero attached hydrogens (tertiary/aromatic N) is 4. The Morgan fingerprint density at radius 1 is 0.375 bits per heavy atom. The van der Waals surface area contributed by atoms with Gasteiger partial charge in [-0.3, -0.25) is 28.8 Å². The Hall–Kier alpha value is -6.30. The molecule has 0 aliphatic carbocycles. The van der Waals surface area contributed by atoms with Gasteiger partial charge in [0.2, 0.25) is 35.4 Å². The van der Waals surface area contributed by atoms with Gasteiger partial charge in [-0.05, 0) is 22.3 Å². The zero-order valence-electron chi connectivity index (χ0n) is 31.2. The number of amides is 6.